The van der Waals surface area contributed by atoms with Crippen molar-refractivity contribution >= 4 is 5.97 Å². The van der Waals surface area contributed by atoms with Gasteiger partial charge in [-0.1, -0.05) is 29.4 Å². The van der Waals surface area contributed by atoms with E-state index in [1.807, 2.05) is 24.3 Å². The van der Waals surface area contributed by atoms with Crippen molar-refractivity contribution in [3.05, 3.63) is 41.6 Å². The van der Waals surface area contributed by atoms with Crippen molar-refractivity contribution in [2.24, 2.45) is 0 Å². The van der Waals surface area contributed by atoms with E-state index in [0.29, 0.717) is 18.3 Å². The van der Waals surface area contributed by atoms with Crippen LogP contribution in [0.25, 0.3) is 11.3 Å². The molecule has 1 aromatic heterocycles. The molecule has 0 bridgehead atoms. The first kappa shape index (κ1) is 11.9. The van der Waals surface area contributed by atoms with Crippen LogP contribution in [0.15, 0.2) is 34.9 Å². The van der Waals surface area contributed by atoms with Crippen LogP contribution in [-0.2, 0) is 4.74 Å². The van der Waals surface area contributed by atoms with Crippen molar-refractivity contribution in [2.75, 3.05) is 13.2 Å². The van der Waals surface area contributed by atoms with Crippen molar-refractivity contribution in [2.45, 2.75) is 12.3 Å². The molecule has 19 heavy (non-hydrogen) atoms. The molecule has 5 heteroatoms. The van der Waals surface area contributed by atoms with Crippen LogP contribution in [0.4, 0.5) is 0 Å². The zero-order chi connectivity index (χ0) is 13.2. The predicted octanol–water partition coefficient (Wildman–Crippen LogP) is 2.54. The minimum Gasteiger partial charge on any atom is -0.476 e. The number of carbonyl (C=O) groups is 1. The molecule has 1 aliphatic rings. The Hall–Kier alpha value is -2.14. The highest BCUT2D eigenvalue weighted by molar-refractivity contribution is 5.86. The van der Waals surface area contributed by atoms with Gasteiger partial charge in [0.25, 0.3) is 0 Å². The molecule has 0 saturated carbocycles. The summed E-state index contributed by atoms with van der Waals surface area (Å²) in [5, 5.41) is 12.4. The van der Waals surface area contributed by atoms with Crippen LogP contribution in [-0.4, -0.2) is 29.4 Å². The fourth-order valence-corrected chi connectivity index (χ4v) is 2.36. The molecule has 1 saturated heterocycles. The second-order valence-electron chi connectivity index (χ2n) is 4.53. The van der Waals surface area contributed by atoms with Crippen LogP contribution >= 0.6 is 0 Å². The maximum Gasteiger partial charge on any atom is 0.358 e. The normalized spacial score (nSPS) is 18.6. The summed E-state index contributed by atoms with van der Waals surface area (Å²) < 4.78 is 10.5. The van der Waals surface area contributed by atoms with Crippen molar-refractivity contribution < 1.29 is 19.2 Å². The minimum absolute atomic E-state index is 0.0764. The van der Waals surface area contributed by atoms with Gasteiger partial charge in [-0.05, 0) is 12.0 Å². The Balaban J connectivity index is 2.01. The molecule has 3 rings (SSSR count). The Morgan fingerprint density at radius 1 is 1.37 bits per heavy atom. The fourth-order valence-electron chi connectivity index (χ4n) is 2.36. The highest BCUT2D eigenvalue weighted by atomic mass is 16.5. The van der Waals surface area contributed by atoms with E-state index in [-0.39, 0.29) is 5.69 Å². The fraction of sp³-hybridized carbons (Fsp3) is 0.286. The minimum atomic E-state index is -1.09. The highest BCUT2D eigenvalue weighted by Crippen LogP contribution is 2.33. The van der Waals surface area contributed by atoms with E-state index >= 15 is 0 Å². The number of carboxylic acids is 1. The lowest BCUT2D eigenvalue weighted by molar-refractivity contribution is 0.0686. The standard InChI is InChI=1S/C14H13NO4/c16-14(17)12-7-13(19-15-12)11-4-2-1-3-10(11)9-5-6-18-8-9/h1-4,7,9H,5-6,8H2,(H,16,17). The first-order chi connectivity index (χ1) is 9.25. The van der Waals surface area contributed by atoms with E-state index in [9.17, 15) is 4.79 Å². The van der Waals surface area contributed by atoms with Gasteiger partial charge in [0.2, 0.25) is 0 Å². The number of hydrogen-bond acceptors (Lipinski definition) is 4. The van der Waals surface area contributed by atoms with Crippen LogP contribution in [0, 0.1) is 0 Å². The van der Waals surface area contributed by atoms with Gasteiger partial charge in [-0.3, -0.25) is 0 Å². The van der Waals surface area contributed by atoms with Gasteiger partial charge in [0.1, 0.15) is 0 Å². The van der Waals surface area contributed by atoms with Crippen molar-refractivity contribution in [1.82, 2.24) is 5.16 Å². The third-order valence-corrected chi connectivity index (χ3v) is 3.33. The van der Waals surface area contributed by atoms with Crippen LogP contribution in [0.1, 0.15) is 28.4 Å². The lowest BCUT2D eigenvalue weighted by Gasteiger charge is -2.11. The molecule has 1 atom stereocenters. The Bertz CT molecular complexity index is 599. The van der Waals surface area contributed by atoms with Gasteiger partial charge in [-0.15, -0.1) is 0 Å². The number of aromatic carboxylic acids is 1. The van der Waals surface area contributed by atoms with E-state index < -0.39 is 5.97 Å². The van der Waals surface area contributed by atoms with Crippen LogP contribution < -0.4 is 0 Å². The summed E-state index contributed by atoms with van der Waals surface area (Å²) in [6, 6.07) is 9.26. The average molecular weight is 259 g/mol. The molecule has 5 nitrogen and oxygen atoms in total. The van der Waals surface area contributed by atoms with E-state index in [1.54, 1.807) is 0 Å². The van der Waals surface area contributed by atoms with E-state index in [2.05, 4.69) is 5.16 Å². The third-order valence-electron chi connectivity index (χ3n) is 3.33. The SMILES string of the molecule is O=C(O)c1cc(-c2ccccc2C2CCOC2)on1. The molecule has 2 aromatic rings. The molecular weight excluding hydrogens is 246 g/mol. The first-order valence-electron chi connectivity index (χ1n) is 6.13. The maximum absolute atomic E-state index is 10.8. The predicted molar refractivity (Wildman–Crippen MR) is 67.1 cm³/mol. The quantitative estimate of drug-likeness (QED) is 0.917. The average Bonchev–Trinajstić information content (AvgIpc) is 3.10. The second-order valence-corrected chi connectivity index (χ2v) is 4.53. The molecule has 98 valence electrons. The van der Waals surface area contributed by atoms with E-state index in [0.717, 1.165) is 24.2 Å². The van der Waals surface area contributed by atoms with Crippen molar-refractivity contribution in [3.8, 4) is 11.3 Å². The molecule has 0 amide bonds. The van der Waals surface area contributed by atoms with Gasteiger partial charge in [0.15, 0.2) is 11.5 Å². The molecule has 2 heterocycles. The number of ether oxygens (including phenoxy) is 1. The monoisotopic (exact) mass is 259 g/mol. The summed E-state index contributed by atoms with van der Waals surface area (Å²) in [5.74, 6) is -0.272. The summed E-state index contributed by atoms with van der Waals surface area (Å²) in [6.45, 7) is 1.45. The number of nitrogens with zero attached hydrogens (tertiary/aromatic N) is 1. The van der Waals surface area contributed by atoms with Crippen molar-refractivity contribution in [1.29, 1.82) is 0 Å². The second kappa shape index (κ2) is 4.85. The highest BCUT2D eigenvalue weighted by Gasteiger charge is 2.23. The first-order valence-corrected chi connectivity index (χ1v) is 6.13. The zero-order valence-corrected chi connectivity index (χ0v) is 10.2. The number of rotatable bonds is 3. The molecular formula is C14H13NO4. The molecule has 1 N–H and O–H groups in total. The Morgan fingerprint density at radius 3 is 2.89 bits per heavy atom. The number of benzene rings is 1. The number of aromatic nitrogens is 1. The molecule has 1 unspecified atom stereocenters. The molecule has 1 fully saturated rings. The number of carboxylic acid groups (broad SMARTS) is 1. The van der Waals surface area contributed by atoms with Crippen LogP contribution in [0.3, 0.4) is 0 Å². The van der Waals surface area contributed by atoms with Gasteiger partial charge >= 0.3 is 5.97 Å². The van der Waals surface area contributed by atoms with Crippen LogP contribution in [0.5, 0.6) is 0 Å². The van der Waals surface area contributed by atoms with E-state index in [4.69, 9.17) is 14.4 Å². The molecule has 0 radical (unpaired) electrons. The number of hydrogen-bond donors (Lipinski definition) is 1. The summed E-state index contributed by atoms with van der Waals surface area (Å²) in [5.41, 5.74) is 1.93. The summed E-state index contributed by atoms with van der Waals surface area (Å²) in [7, 11) is 0. The Kier molecular flexibility index (Phi) is 3.05. The maximum atomic E-state index is 10.8. The van der Waals surface area contributed by atoms with Crippen molar-refractivity contribution in [3.63, 3.8) is 0 Å². The summed E-state index contributed by atoms with van der Waals surface area (Å²) in [6.07, 6.45) is 0.969. The zero-order valence-electron chi connectivity index (χ0n) is 10.2. The van der Waals surface area contributed by atoms with Gasteiger partial charge in [-0.2, -0.15) is 0 Å². The van der Waals surface area contributed by atoms with Gasteiger partial charge < -0.3 is 14.4 Å². The molecule has 1 aliphatic heterocycles. The summed E-state index contributed by atoms with van der Waals surface area (Å²) in [4.78, 5) is 10.8. The molecule has 0 spiro atoms. The Morgan fingerprint density at radius 2 is 2.21 bits per heavy atom. The molecule has 0 aliphatic carbocycles. The largest absolute Gasteiger partial charge is 0.476 e. The topological polar surface area (TPSA) is 72.6 Å². The van der Waals surface area contributed by atoms with Crippen LogP contribution in [0.2, 0.25) is 0 Å². The summed E-state index contributed by atoms with van der Waals surface area (Å²) >= 11 is 0. The van der Waals surface area contributed by atoms with Gasteiger partial charge in [-0.25, -0.2) is 4.79 Å². The van der Waals surface area contributed by atoms with Gasteiger partial charge in [0, 0.05) is 24.2 Å². The lowest BCUT2D eigenvalue weighted by Crippen LogP contribution is -1.99. The Labute approximate surface area is 109 Å². The smallest absolute Gasteiger partial charge is 0.358 e. The lowest BCUT2D eigenvalue weighted by atomic mass is 9.92. The van der Waals surface area contributed by atoms with E-state index in [1.165, 1.54) is 6.07 Å². The third kappa shape index (κ3) is 2.24. The van der Waals surface area contributed by atoms with Gasteiger partial charge in [0.05, 0.1) is 6.61 Å². The molecule has 1 aromatic carbocycles.